The average Bonchev–Trinajstić information content (AvgIpc) is 3.40. The quantitative estimate of drug-likeness (QED) is 0.174. The number of nitrogens with zero attached hydrogens (tertiary/aromatic N) is 2. The molecule has 3 aromatic carbocycles. The maximum absolute atomic E-state index is 14.3. The Labute approximate surface area is 231 Å². The number of benzene rings is 3. The molecule has 5 rings (SSSR count). The van der Waals surface area contributed by atoms with Gasteiger partial charge in [0.1, 0.15) is 12.4 Å². The number of aromatic nitrogens is 2. The number of hydrogen-bond donors (Lipinski definition) is 2. The van der Waals surface area contributed by atoms with Gasteiger partial charge >= 0.3 is 6.09 Å². The molecule has 1 atom stereocenters. The molecule has 7 nitrogen and oxygen atoms in total. The number of fused-ring (bicyclic) bond motifs is 1. The van der Waals surface area contributed by atoms with Gasteiger partial charge in [-0.1, -0.05) is 31.2 Å². The van der Waals surface area contributed by atoms with E-state index in [0.717, 1.165) is 65.1 Å². The van der Waals surface area contributed by atoms with E-state index in [1.54, 1.807) is 6.07 Å². The molecule has 1 unspecified atom stereocenters. The van der Waals surface area contributed by atoms with Crippen molar-refractivity contribution in [2.45, 2.75) is 38.8 Å². The Balaban J connectivity index is 1.55. The highest BCUT2D eigenvalue weighted by atomic mass is 19.2. The van der Waals surface area contributed by atoms with Crippen LogP contribution in [0, 0.1) is 11.6 Å². The fourth-order valence-corrected chi connectivity index (χ4v) is 5.12. The molecule has 1 saturated heterocycles. The smallest absolute Gasteiger partial charge is 0.404 e. The number of amides is 1. The van der Waals surface area contributed by atoms with Gasteiger partial charge in [0.25, 0.3) is 0 Å². The lowest BCUT2D eigenvalue weighted by atomic mass is 9.87. The highest BCUT2D eigenvalue weighted by Crippen LogP contribution is 2.37. The first-order valence-corrected chi connectivity index (χ1v) is 13.4. The molecule has 0 bridgehead atoms. The first-order valence-electron chi connectivity index (χ1n) is 13.4. The second kappa shape index (κ2) is 12.3. The van der Waals surface area contributed by atoms with Gasteiger partial charge in [-0.05, 0) is 89.9 Å². The second-order valence-corrected chi connectivity index (χ2v) is 9.62. The highest BCUT2D eigenvalue weighted by molar-refractivity contribution is 6.00. The largest absolute Gasteiger partial charge is 0.492 e. The summed E-state index contributed by atoms with van der Waals surface area (Å²) in [7, 11) is 0. The van der Waals surface area contributed by atoms with Crippen LogP contribution in [-0.2, 0) is 4.74 Å². The number of halogens is 2. The lowest BCUT2D eigenvalue weighted by molar-refractivity contribution is -0.0366. The molecule has 4 aromatic rings. The molecule has 0 aliphatic carbocycles. The summed E-state index contributed by atoms with van der Waals surface area (Å²) in [6, 6.07) is 17.5. The SMILES string of the molecule is CC/C(=C(/c1ccc(OCCNC(=O)O)cc1)c1ccc2c(cnn2C2CCCCO2)c1)c1ccc(F)c(F)c1. The minimum absolute atomic E-state index is 0.0845. The van der Waals surface area contributed by atoms with Crippen LogP contribution in [0.25, 0.3) is 22.0 Å². The maximum atomic E-state index is 14.3. The van der Waals surface area contributed by atoms with Crippen LogP contribution in [0.2, 0.25) is 0 Å². The average molecular weight is 548 g/mol. The molecule has 1 amide bonds. The van der Waals surface area contributed by atoms with Crippen molar-refractivity contribution in [3.05, 3.63) is 95.2 Å². The van der Waals surface area contributed by atoms with Crippen LogP contribution in [0.4, 0.5) is 13.6 Å². The topological polar surface area (TPSA) is 85.6 Å². The number of ether oxygens (including phenoxy) is 2. The zero-order chi connectivity index (χ0) is 28.1. The van der Waals surface area contributed by atoms with Gasteiger partial charge in [-0.25, -0.2) is 18.3 Å². The standard InChI is InChI=1S/C31H31F2N3O4/c1-2-25(21-8-12-26(32)27(33)18-21)30(20-6-10-24(11-7-20)39-16-14-34-31(37)38)22-9-13-28-23(17-22)19-35-36(28)29-5-3-4-15-40-29/h6-13,17-19,29,34H,2-5,14-16H2,1H3,(H,37,38)/b30-25+. The Bertz CT molecular complexity index is 1530. The van der Waals surface area contributed by atoms with Gasteiger partial charge in [0.05, 0.1) is 18.3 Å². The van der Waals surface area contributed by atoms with Crippen LogP contribution in [0.1, 0.15) is 55.5 Å². The van der Waals surface area contributed by atoms with Gasteiger partial charge in [0.2, 0.25) is 0 Å². The predicted molar refractivity (Wildman–Crippen MR) is 149 cm³/mol. The Morgan fingerprint density at radius 1 is 1.05 bits per heavy atom. The molecule has 0 radical (unpaired) electrons. The van der Waals surface area contributed by atoms with Gasteiger partial charge in [0.15, 0.2) is 17.9 Å². The lowest BCUT2D eigenvalue weighted by Crippen LogP contribution is -2.26. The third-order valence-corrected chi connectivity index (χ3v) is 7.03. The van der Waals surface area contributed by atoms with E-state index in [2.05, 4.69) is 16.5 Å². The van der Waals surface area contributed by atoms with Gasteiger partial charge in [0, 0.05) is 12.0 Å². The molecule has 1 fully saturated rings. The summed E-state index contributed by atoms with van der Waals surface area (Å²) in [5, 5.41) is 16.6. The molecule has 40 heavy (non-hydrogen) atoms. The van der Waals surface area contributed by atoms with Crippen LogP contribution in [0.5, 0.6) is 5.75 Å². The zero-order valence-electron chi connectivity index (χ0n) is 22.2. The summed E-state index contributed by atoms with van der Waals surface area (Å²) in [5.74, 6) is -1.20. The summed E-state index contributed by atoms with van der Waals surface area (Å²) < 4.78 is 41.6. The fraction of sp³-hybridized carbons (Fsp3) is 0.290. The minimum atomic E-state index is -1.10. The second-order valence-electron chi connectivity index (χ2n) is 9.62. The van der Waals surface area contributed by atoms with Crippen LogP contribution >= 0.6 is 0 Å². The van der Waals surface area contributed by atoms with E-state index < -0.39 is 17.7 Å². The van der Waals surface area contributed by atoms with Crippen LogP contribution in [0.3, 0.4) is 0 Å². The van der Waals surface area contributed by atoms with E-state index in [1.807, 2.05) is 54.2 Å². The number of carbonyl (C=O) groups is 1. The summed E-state index contributed by atoms with van der Waals surface area (Å²) in [6.07, 6.45) is 4.29. The number of carboxylic acid groups (broad SMARTS) is 1. The van der Waals surface area contributed by atoms with Crippen molar-refractivity contribution in [1.82, 2.24) is 15.1 Å². The third-order valence-electron chi connectivity index (χ3n) is 7.03. The number of hydrogen-bond acceptors (Lipinski definition) is 4. The van der Waals surface area contributed by atoms with E-state index >= 15 is 0 Å². The summed E-state index contributed by atoms with van der Waals surface area (Å²) in [5.41, 5.74) is 5.11. The van der Waals surface area contributed by atoms with Gasteiger partial charge in [-0.2, -0.15) is 5.10 Å². The molecule has 1 aliphatic heterocycles. The highest BCUT2D eigenvalue weighted by Gasteiger charge is 2.20. The van der Waals surface area contributed by atoms with E-state index in [0.29, 0.717) is 17.7 Å². The van der Waals surface area contributed by atoms with E-state index in [4.69, 9.17) is 14.6 Å². The van der Waals surface area contributed by atoms with Crippen molar-refractivity contribution in [3.8, 4) is 5.75 Å². The fourth-order valence-electron chi connectivity index (χ4n) is 5.12. The van der Waals surface area contributed by atoms with Crippen molar-refractivity contribution in [2.24, 2.45) is 0 Å². The molecule has 2 N–H and O–H groups in total. The monoisotopic (exact) mass is 547 g/mol. The number of nitrogens with one attached hydrogen (secondary N) is 1. The molecule has 0 saturated carbocycles. The molecule has 2 heterocycles. The molecule has 1 aromatic heterocycles. The molecule has 9 heteroatoms. The predicted octanol–water partition coefficient (Wildman–Crippen LogP) is 7.03. The Hall–Kier alpha value is -4.24. The molecular weight excluding hydrogens is 516 g/mol. The summed E-state index contributed by atoms with van der Waals surface area (Å²) in [4.78, 5) is 10.7. The van der Waals surface area contributed by atoms with Crippen molar-refractivity contribution in [2.75, 3.05) is 19.8 Å². The van der Waals surface area contributed by atoms with Crippen LogP contribution < -0.4 is 10.1 Å². The van der Waals surface area contributed by atoms with Gasteiger partial charge in [-0.3, -0.25) is 0 Å². The maximum Gasteiger partial charge on any atom is 0.404 e. The summed E-state index contributed by atoms with van der Waals surface area (Å²) >= 11 is 0. The Kier molecular flexibility index (Phi) is 8.40. The molecule has 208 valence electrons. The Morgan fingerprint density at radius 3 is 2.52 bits per heavy atom. The van der Waals surface area contributed by atoms with E-state index in [-0.39, 0.29) is 19.4 Å². The number of allylic oxidation sites excluding steroid dienone is 1. The minimum Gasteiger partial charge on any atom is -0.492 e. The molecular formula is C31H31F2N3O4. The van der Waals surface area contributed by atoms with E-state index in [1.165, 1.54) is 6.07 Å². The van der Waals surface area contributed by atoms with Crippen molar-refractivity contribution >= 4 is 28.1 Å². The van der Waals surface area contributed by atoms with Crippen LogP contribution in [0.15, 0.2) is 66.9 Å². The van der Waals surface area contributed by atoms with Crippen LogP contribution in [-0.4, -0.2) is 40.7 Å². The number of rotatable bonds is 9. The zero-order valence-corrected chi connectivity index (χ0v) is 22.2. The molecule has 1 aliphatic rings. The lowest BCUT2D eigenvalue weighted by Gasteiger charge is -2.23. The molecule has 0 spiro atoms. The third kappa shape index (κ3) is 5.99. The normalized spacial score (nSPS) is 16.0. The summed E-state index contributed by atoms with van der Waals surface area (Å²) in [6.45, 7) is 3.06. The Morgan fingerprint density at radius 2 is 1.82 bits per heavy atom. The van der Waals surface area contributed by atoms with E-state index in [9.17, 15) is 13.6 Å². The van der Waals surface area contributed by atoms with Crippen molar-refractivity contribution < 1.29 is 28.2 Å². The van der Waals surface area contributed by atoms with Crippen molar-refractivity contribution in [1.29, 1.82) is 0 Å². The van der Waals surface area contributed by atoms with Gasteiger partial charge in [-0.15, -0.1) is 0 Å². The first kappa shape index (κ1) is 27.3. The van der Waals surface area contributed by atoms with Gasteiger partial charge < -0.3 is 19.9 Å². The first-order chi connectivity index (χ1) is 19.4. The van der Waals surface area contributed by atoms with Crippen molar-refractivity contribution in [3.63, 3.8) is 0 Å².